The van der Waals surface area contributed by atoms with E-state index in [0.29, 0.717) is 5.95 Å². The van der Waals surface area contributed by atoms with Gasteiger partial charge in [-0.05, 0) is 40.5 Å². The maximum absolute atomic E-state index is 4.13. The molecule has 0 bridgehead atoms. The summed E-state index contributed by atoms with van der Waals surface area (Å²) in [5.74, 6) is 0.601. The highest BCUT2D eigenvalue weighted by Crippen LogP contribution is 2.14. The molecule has 4 heteroatoms. The monoisotopic (exact) mass is 263 g/mol. The normalized spacial score (nSPS) is 10.0. The molecule has 1 aromatic carbocycles. The SMILES string of the molecule is Cc1cccc(Nc2ncc(Br)cn2)c1. The zero-order chi connectivity index (χ0) is 10.7. The number of anilines is 2. The molecular weight excluding hydrogens is 254 g/mol. The fourth-order valence-corrected chi connectivity index (χ4v) is 1.43. The summed E-state index contributed by atoms with van der Waals surface area (Å²) in [6, 6.07) is 8.08. The Labute approximate surface area is 96.7 Å². The molecule has 0 spiro atoms. The van der Waals surface area contributed by atoms with Gasteiger partial charge in [-0.1, -0.05) is 12.1 Å². The smallest absolute Gasteiger partial charge is 0.227 e. The lowest BCUT2D eigenvalue weighted by Gasteiger charge is -2.04. The molecule has 0 atom stereocenters. The summed E-state index contributed by atoms with van der Waals surface area (Å²) in [6.07, 6.45) is 3.43. The Morgan fingerprint density at radius 1 is 1.20 bits per heavy atom. The van der Waals surface area contributed by atoms with Crippen LogP contribution in [0.4, 0.5) is 11.6 Å². The van der Waals surface area contributed by atoms with Gasteiger partial charge in [-0.15, -0.1) is 0 Å². The van der Waals surface area contributed by atoms with Crippen LogP contribution in [-0.2, 0) is 0 Å². The highest BCUT2D eigenvalue weighted by atomic mass is 79.9. The number of benzene rings is 1. The molecule has 1 N–H and O–H groups in total. The first-order chi connectivity index (χ1) is 7.24. The second-order valence-electron chi connectivity index (χ2n) is 3.22. The molecule has 2 aromatic rings. The van der Waals surface area contributed by atoms with Crippen molar-refractivity contribution in [3.63, 3.8) is 0 Å². The van der Waals surface area contributed by atoms with Crippen LogP contribution in [0, 0.1) is 6.92 Å². The molecule has 0 radical (unpaired) electrons. The number of halogens is 1. The number of hydrogen-bond acceptors (Lipinski definition) is 3. The molecule has 1 heterocycles. The van der Waals surface area contributed by atoms with E-state index in [1.54, 1.807) is 12.4 Å². The lowest BCUT2D eigenvalue weighted by Crippen LogP contribution is -1.96. The fourth-order valence-electron chi connectivity index (χ4n) is 1.23. The largest absolute Gasteiger partial charge is 0.324 e. The van der Waals surface area contributed by atoms with Crippen LogP contribution in [0.3, 0.4) is 0 Å². The van der Waals surface area contributed by atoms with Crippen molar-refractivity contribution >= 4 is 27.6 Å². The van der Waals surface area contributed by atoms with Crippen molar-refractivity contribution in [2.75, 3.05) is 5.32 Å². The van der Waals surface area contributed by atoms with Crippen LogP contribution in [0.15, 0.2) is 41.1 Å². The van der Waals surface area contributed by atoms with Crippen molar-refractivity contribution in [3.05, 3.63) is 46.7 Å². The summed E-state index contributed by atoms with van der Waals surface area (Å²) in [5.41, 5.74) is 2.20. The van der Waals surface area contributed by atoms with Gasteiger partial charge in [0.1, 0.15) is 0 Å². The van der Waals surface area contributed by atoms with Gasteiger partial charge < -0.3 is 5.32 Å². The highest BCUT2D eigenvalue weighted by Gasteiger charge is 1.97. The molecule has 3 nitrogen and oxygen atoms in total. The van der Waals surface area contributed by atoms with Crippen LogP contribution in [0.1, 0.15) is 5.56 Å². The molecule has 76 valence electrons. The predicted octanol–water partition coefficient (Wildman–Crippen LogP) is 3.29. The Morgan fingerprint density at radius 2 is 1.93 bits per heavy atom. The van der Waals surface area contributed by atoms with Crippen molar-refractivity contribution in [3.8, 4) is 0 Å². The van der Waals surface area contributed by atoms with Gasteiger partial charge in [-0.25, -0.2) is 9.97 Å². The molecule has 0 unspecified atom stereocenters. The minimum absolute atomic E-state index is 0.601. The number of nitrogens with zero attached hydrogens (tertiary/aromatic N) is 2. The molecule has 2 rings (SSSR count). The third-order valence-electron chi connectivity index (χ3n) is 1.89. The predicted molar refractivity (Wildman–Crippen MR) is 64.2 cm³/mol. The van der Waals surface area contributed by atoms with Crippen LogP contribution in [0.2, 0.25) is 0 Å². The average molecular weight is 264 g/mol. The summed E-state index contributed by atoms with van der Waals surface area (Å²) < 4.78 is 0.872. The van der Waals surface area contributed by atoms with E-state index in [0.717, 1.165) is 10.2 Å². The fraction of sp³-hybridized carbons (Fsp3) is 0.0909. The van der Waals surface area contributed by atoms with E-state index >= 15 is 0 Å². The number of aromatic nitrogens is 2. The van der Waals surface area contributed by atoms with Gasteiger partial charge in [0.15, 0.2) is 0 Å². The average Bonchev–Trinajstić information content (AvgIpc) is 2.22. The molecule has 0 aliphatic rings. The van der Waals surface area contributed by atoms with Gasteiger partial charge in [0.05, 0.1) is 4.47 Å². The first-order valence-corrected chi connectivity index (χ1v) is 5.34. The van der Waals surface area contributed by atoms with Gasteiger partial charge in [-0.3, -0.25) is 0 Å². The Balaban J connectivity index is 2.18. The van der Waals surface area contributed by atoms with Crippen LogP contribution in [0.25, 0.3) is 0 Å². The Bertz CT molecular complexity index is 454. The molecule has 0 saturated carbocycles. The maximum atomic E-state index is 4.13. The van der Waals surface area contributed by atoms with Crippen molar-refractivity contribution in [2.45, 2.75) is 6.92 Å². The van der Waals surface area contributed by atoms with Crippen molar-refractivity contribution in [1.29, 1.82) is 0 Å². The van der Waals surface area contributed by atoms with Crippen molar-refractivity contribution in [1.82, 2.24) is 9.97 Å². The maximum Gasteiger partial charge on any atom is 0.227 e. The van der Waals surface area contributed by atoms with Gasteiger partial charge in [0.25, 0.3) is 0 Å². The van der Waals surface area contributed by atoms with Gasteiger partial charge in [0, 0.05) is 18.1 Å². The zero-order valence-electron chi connectivity index (χ0n) is 8.24. The summed E-state index contributed by atoms with van der Waals surface area (Å²) in [5, 5.41) is 3.13. The molecule has 0 amide bonds. The van der Waals surface area contributed by atoms with E-state index in [1.165, 1.54) is 5.56 Å². The van der Waals surface area contributed by atoms with Crippen molar-refractivity contribution < 1.29 is 0 Å². The quantitative estimate of drug-likeness (QED) is 0.904. The lowest BCUT2D eigenvalue weighted by molar-refractivity contribution is 1.15. The molecule has 0 aliphatic heterocycles. The highest BCUT2D eigenvalue weighted by molar-refractivity contribution is 9.10. The van der Waals surface area contributed by atoms with Gasteiger partial charge >= 0.3 is 0 Å². The third-order valence-corrected chi connectivity index (χ3v) is 2.30. The number of nitrogens with one attached hydrogen (secondary N) is 1. The summed E-state index contributed by atoms with van der Waals surface area (Å²) in [6.45, 7) is 2.05. The Morgan fingerprint density at radius 3 is 2.60 bits per heavy atom. The van der Waals surface area contributed by atoms with E-state index in [1.807, 2.05) is 31.2 Å². The molecule has 0 aliphatic carbocycles. The summed E-state index contributed by atoms with van der Waals surface area (Å²) in [7, 11) is 0. The van der Waals surface area contributed by atoms with E-state index in [9.17, 15) is 0 Å². The minimum Gasteiger partial charge on any atom is -0.324 e. The summed E-state index contributed by atoms with van der Waals surface area (Å²) >= 11 is 3.29. The van der Waals surface area contributed by atoms with Crippen LogP contribution in [0.5, 0.6) is 0 Å². The summed E-state index contributed by atoms with van der Waals surface area (Å²) in [4.78, 5) is 8.27. The molecule has 1 aromatic heterocycles. The number of rotatable bonds is 2. The van der Waals surface area contributed by atoms with E-state index in [2.05, 4.69) is 31.2 Å². The molecular formula is C11H10BrN3. The molecule has 15 heavy (non-hydrogen) atoms. The van der Waals surface area contributed by atoms with Gasteiger partial charge in [-0.2, -0.15) is 0 Å². The van der Waals surface area contributed by atoms with Crippen LogP contribution < -0.4 is 5.32 Å². The molecule has 0 fully saturated rings. The number of hydrogen-bond donors (Lipinski definition) is 1. The van der Waals surface area contributed by atoms with E-state index in [-0.39, 0.29) is 0 Å². The van der Waals surface area contributed by atoms with Crippen molar-refractivity contribution in [2.24, 2.45) is 0 Å². The minimum atomic E-state index is 0.601. The first-order valence-electron chi connectivity index (χ1n) is 4.55. The molecule has 0 saturated heterocycles. The zero-order valence-corrected chi connectivity index (χ0v) is 9.82. The third kappa shape index (κ3) is 2.76. The Kier molecular flexibility index (Phi) is 2.97. The van der Waals surface area contributed by atoms with Gasteiger partial charge in [0.2, 0.25) is 5.95 Å². The Hall–Kier alpha value is -1.42. The van der Waals surface area contributed by atoms with Crippen LogP contribution >= 0.6 is 15.9 Å². The first kappa shape index (κ1) is 10.1. The van der Waals surface area contributed by atoms with Crippen LogP contribution in [-0.4, -0.2) is 9.97 Å². The number of aryl methyl sites for hydroxylation is 1. The second kappa shape index (κ2) is 4.40. The standard InChI is InChI=1S/C11H10BrN3/c1-8-3-2-4-10(5-8)15-11-13-6-9(12)7-14-11/h2-7H,1H3,(H,13,14,15). The van der Waals surface area contributed by atoms with E-state index < -0.39 is 0 Å². The topological polar surface area (TPSA) is 37.8 Å². The second-order valence-corrected chi connectivity index (χ2v) is 4.14. The lowest BCUT2D eigenvalue weighted by atomic mass is 10.2. The van der Waals surface area contributed by atoms with E-state index in [4.69, 9.17) is 0 Å².